The molecule has 19 heavy (non-hydrogen) atoms. The number of esters is 1. The van der Waals surface area contributed by atoms with Crippen molar-refractivity contribution in [2.75, 3.05) is 6.61 Å². The van der Waals surface area contributed by atoms with E-state index < -0.39 is 5.92 Å². The lowest BCUT2D eigenvalue weighted by molar-refractivity contribution is -0.150. The molecule has 1 aliphatic rings. The third kappa shape index (κ3) is 5.01. The van der Waals surface area contributed by atoms with Gasteiger partial charge in [0.2, 0.25) is 0 Å². The van der Waals surface area contributed by atoms with E-state index in [9.17, 15) is 9.59 Å². The van der Waals surface area contributed by atoms with Crippen LogP contribution >= 0.6 is 0 Å². The molecule has 0 aromatic heterocycles. The zero-order valence-electron chi connectivity index (χ0n) is 12.1. The number of hydrogen-bond acceptors (Lipinski definition) is 3. The van der Waals surface area contributed by atoms with Gasteiger partial charge in [0.25, 0.3) is 0 Å². The van der Waals surface area contributed by atoms with E-state index >= 15 is 0 Å². The summed E-state index contributed by atoms with van der Waals surface area (Å²) in [7, 11) is 0. The fraction of sp³-hybridized carbons (Fsp3) is 0.625. The molecule has 0 aromatic rings. The quantitative estimate of drug-likeness (QED) is 0.420. The van der Waals surface area contributed by atoms with E-state index in [0.717, 1.165) is 12.8 Å². The Morgan fingerprint density at radius 1 is 1.37 bits per heavy atom. The van der Waals surface area contributed by atoms with Gasteiger partial charge in [-0.3, -0.25) is 9.59 Å². The molecule has 2 atom stereocenters. The van der Waals surface area contributed by atoms with Gasteiger partial charge in [-0.15, -0.1) is 0 Å². The first-order valence-electron chi connectivity index (χ1n) is 7.10. The summed E-state index contributed by atoms with van der Waals surface area (Å²) >= 11 is 0. The Morgan fingerprint density at radius 3 is 2.74 bits per heavy atom. The van der Waals surface area contributed by atoms with E-state index in [-0.39, 0.29) is 17.7 Å². The molecule has 0 aromatic carbocycles. The predicted octanol–water partition coefficient (Wildman–Crippen LogP) is 3.30. The van der Waals surface area contributed by atoms with Crippen LogP contribution in [0.1, 0.15) is 40.0 Å². The second kappa shape index (κ2) is 7.93. The Balaban J connectivity index is 2.41. The topological polar surface area (TPSA) is 43.4 Å². The summed E-state index contributed by atoms with van der Waals surface area (Å²) in [5, 5.41) is 0. The van der Waals surface area contributed by atoms with Crippen LogP contribution in [0.3, 0.4) is 0 Å². The number of carbonyl (C=O) groups is 2. The van der Waals surface area contributed by atoms with E-state index in [1.165, 1.54) is 0 Å². The molecule has 3 heteroatoms. The lowest BCUT2D eigenvalue weighted by Crippen LogP contribution is -2.24. The zero-order chi connectivity index (χ0) is 14.3. The molecule has 2 unspecified atom stereocenters. The summed E-state index contributed by atoms with van der Waals surface area (Å²) in [4.78, 5) is 23.6. The van der Waals surface area contributed by atoms with Crippen LogP contribution in [0.5, 0.6) is 0 Å². The highest BCUT2D eigenvalue weighted by atomic mass is 16.5. The molecule has 0 bridgehead atoms. The monoisotopic (exact) mass is 264 g/mol. The summed E-state index contributed by atoms with van der Waals surface area (Å²) < 4.78 is 4.92. The predicted molar refractivity (Wildman–Crippen MR) is 75.6 cm³/mol. The fourth-order valence-corrected chi connectivity index (χ4v) is 2.26. The standard InChI is InChI=1S/C16H24O3/c1-4-19-16(18)14-11-10-13(15(14)17)9-7-5-6-8-12(2)3/h5-8,12-14H,4,9-11H2,1-3H3/b7-5+,8-6-. The third-order valence-electron chi connectivity index (χ3n) is 3.28. The Bertz CT molecular complexity index is 366. The van der Waals surface area contributed by atoms with Gasteiger partial charge in [0, 0.05) is 5.92 Å². The van der Waals surface area contributed by atoms with Crippen LogP contribution in [0.2, 0.25) is 0 Å². The minimum Gasteiger partial charge on any atom is -0.465 e. The van der Waals surface area contributed by atoms with Crippen molar-refractivity contribution in [3.63, 3.8) is 0 Å². The Hall–Kier alpha value is -1.38. The molecular formula is C16H24O3. The van der Waals surface area contributed by atoms with Crippen LogP contribution in [-0.4, -0.2) is 18.4 Å². The molecule has 0 amide bonds. The molecule has 0 saturated heterocycles. The van der Waals surface area contributed by atoms with E-state index in [0.29, 0.717) is 18.9 Å². The SMILES string of the molecule is CCOC(=O)C1CCC(C/C=C/C=C\C(C)C)C1=O. The maximum absolute atomic E-state index is 12.0. The largest absolute Gasteiger partial charge is 0.465 e. The van der Waals surface area contributed by atoms with Gasteiger partial charge in [-0.05, 0) is 32.1 Å². The van der Waals surface area contributed by atoms with Gasteiger partial charge in [0.1, 0.15) is 11.7 Å². The summed E-state index contributed by atoms with van der Waals surface area (Å²) in [5.41, 5.74) is 0. The second-order valence-electron chi connectivity index (χ2n) is 5.27. The van der Waals surface area contributed by atoms with Crippen molar-refractivity contribution in [1.82, 2.24) is 0 Å². The van der Waals surface area contributed by atoms with Crippen molar-refractivity contribution in [1.29, 1.82) is 0 Å². The number of hydrogen-bond donors (Lipinski definition) is 0. The average molecular weight is 264 g/mol. The Labute approximate surface area is 115 Å². The number of rotatable bonds is 6. The lowest BCUT2D eigenvalue weighted by atomic mass is 9.99. The van der Waals surface area contributed by atoms with Gasteiger partial charge in [-0.1, -0.05) is 38.2 Å². The molecule has 1 rings (SSSR count). The fourth-order valence-electron chi connectivity index (χ4n) is 2.26. The van der Waals surface area contributed by atoms with Crippen molar-refractivity contribution < 1.29 is 14.3 Å². The van der Waals surface area contributed by atoms with Gasteiger partial charge in [0.05, 0.1) is 6.61 Å². The molecule has 0 aliphatic heterocycles. The van der Waals surface area contributed by atoms with Crippen LogP contribution in [0.4, 0.5) is 0 Å². The number of Topliss-reactive ketones (excluding diaryl/α,β-unsaturated/α-hetero) is 1. The smallest absolute Gasteiger partial charge is 0.316 e. The van der Waals surface area contributed by atoms with E-state index in [1.54, 1.807) is 6.92 Å². The van der Waals surface area contributed by atoms with Crippen LogP contribution < -0.4 is 0 Å². The molecule has 106 valence electrons. The third-order valence-corrected chi connectivity index (χ3v) is 3.28. The Morgan fingerprint density at radius 2 is 2.11 bits per heavy atom. The summed E-state index contributed by atoms with van der Waals surface area (Å²) in [6, 6.07) is 0. The van der Waals surface area contributed by atoms with E-state index in [2.05, 4.69) is 19.9 Å². The van der Waals surface area contributed by atoms with Gasteiger partial charge in [-0.2, -0.15) is 0 Å². The number of ether oxygens (including phenoxy) is 1. The van der Waals surface area contributed by atoms with Crippen LogP contribution in [0.15, 0.2) is 24.3 Å². The van der Waals surface area contributed by atoms with E-state index in [1.807, 2.05) is 18.2 Å². The molecule has 1 aliphatic carbocycles. The second-order valence-corrected chi connectivity index (χ2v) is 5.27. The van der Waals surface area contributed by atoms with Crippen molar-refractivity contribution >= 4 is 11.8 Å². The molecule has 1 saturated carbocycles. The average Bonchev–Trinajstić information content (AvgIpc) is 2.70. The molecule has 0 spiro atoms. The van der Waals surface area contributed by atoms with Crippen LogP contribution in [0.25, 0.3) is 0 Å². The molecule has 1 fully saturated rings. The summed E-state index contributed by atoms with van der Waals surface area (Å²) in [5.74, 6) is -0.303. The first kappa shape index (κ1) is 15.7. The number of carbonyl (C=O) groups excluding carboxylic acids is 2. The molecule has 0 heterocycles. The van der Waals surface area contributed by atoms with Gasteiger partial charge < -0.3 is 4.74 Å². The number of ketones is 1. The van der Waals surface area contributed by atoms with Gasteiger partial charge in [-0.25, -0.2) is 0 Å². The molecular weight excluding hydrogens is 240 g/mol. The number of allylic oxidation sites excluding steroid dienone is 4. The van der Waals surface area contributed by atoms with Crippen molar-refractivity contribution in [2.45, 2.75) is 40.0 Å². The first-order chi connectivity index (χ1) is 9.06. The van der Waals surface area contributed by atoms with Crippen LogP contribution in [0, 0.1) is 17.8 Å². The Kier molecular flexibility index (Phi) is 6.54. The lowest BCUT2D eigenvalue weighted by Gasteiger charge is -2.08. The first-order valence-corrected chi connectivity index (χ1v) is 7.10. The minimum absolute atomic E-state index is 0.0156. The highest BCUT2D eigenvalue weighted by Crippen LogP contribution is 2.30. The molecule has 0 N–H and O–H groups in total. The van der Waals surface area contributed by atoms with Crippen LogP contribution in [-0.2, 0) is 14.3 Å². The van der Waals surface area contributed by atoms with Crippen molar-refractivity contribution in [3.8, 4) is 0 Å². The minimum atomic E-state index is -0.524. The van der Waals surface area contributed by atoms with Crippen molar-refractivity contribution in [3.05, 3.63) is 24.3 Å². The molecule has 0 radical (unpaired) electrons. The highest BCUT2D eigenvalue weighted by Gasteiger charge is 2.38. The normalized spacial score (nSPS) is 23.9. The van der Waals surface area contributed by atoms with Crippen molar-refractivity contribution in [2.24, 2.45) is 17.8 Å². The van der Waals surface area contributed by atoms with Gasteiger partial charge in [0.15, 0.2) is 0 Å². The summed E-state index contributed by atoms with van der Waals surface area (Å²) in [6.07, 6.45) is 10.2. The maximum Gasteiger partial charge on any atom is 0.316 e. The van der Waals surface area contributed by atoms with Gasteiger partial charge >= 0.3 is 5.97 Å². The highest BCUT2D eigenvalue weighted by molar-refractivity contribution is 6.01. The maximum atomic E-state index is 12.0. The van der Waals surface area contributed by atoms with E-state index in [4.69, 9.17) is 4.74 Å². The zero-order valence-corrected chi connectivity index (χ0v) is 12.1. The summed E-state index contributed by atoms with van der Waals surface area (Å²) in [6.45, 7) is 6.34. The molecule has 3 nitrogen and oxygen atoms in total.